The first kappa shape index (κ1) is 18.1. The Morgan fingerprint density at radius 1 is 1.00 bits per heavy atom. The molecule has 26 heavy (non-hydrogen) atoms. The van der Waals surface area contributed by atoms with E-state index in [1.54, 1.807) is 0 Å². The molecule has 3 rings (SSSR count). The van der Waals surface area contributed by atoms with Crippen molar-refractivity contribution in [3.8, 4) is 0 Å². The third kappa shape index (κ3) is 3.34. The van der Waals surface area contributed by atoms with Crippen molar-refractivity contribution in [2.24, 2.45) is 0 Å². The molecule has 0 saturated carbocycles. The number of fused-ring (bicyclic) bond motifs is 1. The fourth-order valence-corrected chi connectivity index (χ4v) is 3.52. The summed E-state index contributed by atoms with van der Waals surface area (Å²) in [4.78, 5) is 27.3. The van der Waals surface area contributed by atoms with Crippen LogP contribution < -0.4 is 5.32 Å². The van der Waals surface area contributed by atoms with Gasteiger partial charge in [-0.1, -0.05) is 33.8 Å². The van der Waals surface area contributed by atoms with Crippen molar-refractivity contribution in [3.05, 3.63) is 58.9 Å². The van der Waals surface area contributed by atoms with Gasteiger partial charge in [0.25, 0.3) is 5.91 Å². The molecule has 2 aromatic rings. The van der Waals surface area contributed by atoms with Gasteiger partial charge < -0.3 is 10.4 Å². The summed E-state index contributed by atoms with van der Waals surface area (Å²) in [5, 5.41) is 11.8. The zero-order chi connectivity index (χ0) is 19.1. The smallest absolute Gasteiger partial charge is 0.337 e. The van der Waals surface area contributed by atoms with Gasteiger partial charge in [-0.15, -0.1) is 0 Å². The standard InChI is InChI=1S/C21H24N2O3/c1-20(2)9-10-21(3,4)16-11-14(6-7-15(16)20)23-18(24)17-8-5-13(12-22-17)19(25)26/h5-8,11-12H,9-10H2,1-4H3,(H,23,24)(H,25,26). The number of carbonyl (C=O) groups excluding carboxylic acids is 1. The van der Waals surface area contributed by atoms with Gasteiger partial charge in [0.1, 0.15) is 5.69 Å². The van der Waals surface area contributed by atoms with Crippen molar-refractivity contribution in [2.45, 2.75) is 51.4 Å². The topological polar surface area (TPSA) is 79.3 Å². The second-order valence-corrected chi connectivity index (χ2v) is 8.22. The maximum absolute atomic E-state index is 12.4. The maximum atomic E-state index is 12.4. The van der Waals surface area contributed by atoms with E-state index in [0.717, 1.165) is 18.5 Å². The van der Waals surface area contributed by atoms with Crippen LogP contribution in [0.2, 0.25) is 0 Å². The summed E-state index contributed by atoms with van der Waals surface area (Å²) in [7, 11) is 0. The Kier molecular flexibility index (Phi) is 4.34. The number of carboxylic acid groups (broad SMARTS) is 1. The third-order valence-electron chi connectivity index (χ3n) is 5.35. The van der Waals surface area contributed by atoms with Crippen LogP contribution in [0, 0.1) is 0 Å². The molecule has 0 unspecified atom stereocenters. The quantitative estimate of drug-likeness (QED) is 0.859. The molecule has 1 aromatic heterocycles. The summed E-state index contributed by atoms with van der Waals surface area (Å²) < 4.78 is 0. The normalized spacial score (nSPS) is 17.2. The molecule has 2 N–H and O–H groups in total. The molecule has 0 fully saturated rings. The van der Waals surface area contributed by atoms with Crippen molar-refractivity contribution < 1.29 is 14.7 Å². The number of rotatable bonds is 3. The van der Waals surface area contributed by atoms with Gasteiger partial charge in [0.15, 0.2) is 0 Å². The molecule has 0 aliphatic heterocycles. The number of aromatic nitrogens is 1. The Morgan fingerprint density at radius 2 is 1.65 bits per heavy atom. The zero-order valence-corrected chi connectivity index (χ0v) is 15.6. The van der Waals surface area contributed by atoms with Gasteiger partial charge in [0, 0.05) is 11.9 Å². The minimum atomic E-state index is -1.07. The lowest BCUT2D eigenvalue weighted by atomic mass is 9.63. The molecule has 5 nitrogen and oxygen atoms in total. The first-order valence-electron chi connectivity index (χ1n) is 8.76. The highest BCUT2D eigenvalue weighted by molar-refractivity contribution is 6.03. The second-order valence-electron chi connectivity index (χ2n) is 8.22. The molecule has 1 aliphatic carbocycles. The number of nitrogens with one attached hydrogen (secondary N) is 1. The fraction of sp³-hybridized carbons (Fsp3) is 0.381. The van der Waals surface area contributed by atoms with E-state index in [2.05, 4.69) is 50.1 Å². The minimum absolute atomic E-state index is 0.0549. The van der Waals surface area contributed by atoms with Crippen LogP contribution >= 0.6 is 0 Å². The molecule has 1 amide bonds. The number of hydrogen-bond acceptors (Lipinski definition) is 3. The highest BCUT2D eigenvalue weighted by Crippen LogP contribution is 2.46. The largest absolute Gasteiger partial charge is 0.478 e. The van der Waals surface area contributed by atoms with Crippen LogP contribution in [0.4, 0.5) is 5.69 Å². The van der Waals surface area contributed by atoms with E-state index in [0.29, 0.717) is 0 Å². The summed E-state index contributed by atoms with van der Waals surface area (Å²) in [6.45, 7) is 8.98. The number of carboxylic acids is 1. The molecule has 0 bridgehead atoms. The van der Waals surface area contributed by atoms with Crippen LogP contribution in [0.15, 0.2) is 36.5 Å². The highest BCUT2D eigenvalue weighted by Gasteiger charge is 2.37. The van der Waals surface area contributed by atoms with Crippen molar-refractivity contribution in [3.63, 3.8) is 0 Å². The van der Waals surface area contributed by atoms with E-state index >= 15 is 0 Å². The first-order chi connectivity index (χ1) is 12.1. The number of benzene rings is 1. The van der Waals surface area contributed by atoms with Crippen LogP contribution in [0.1, 0.15) is 72.5 Å². The van der Waals surface area contributed by atoms with Crippen molar-refractivity contribution >= 4 is 17.6 Å². The van der Waals surface area contributed by atoms with Gasteiger partial charge in [-0.3, -0.25) is 9.78 Å². The van der Waals surface area contributed by atoms with Gasteiger partial charge >= 0.3 is 5.97 Å². The molecule has 1 aliphatic rings. The average molecular weight is 352 g/mol. The van der Waals surface area contributed by atoms with E-state index in [-0.39, 0.29) is 28.0 Å². The van der Waals surface area contributed by atoms with E-state index in [1.807, 2.05) is 6.07 Å². The van der Waals surface area contributed by atoms with E-state index in [9.17, 15) is 9.59 Å². The van der Waals surface area contributed by atoms with Crippen molar-refractivity contribution in [2.75, 3.05) is 5.32 Å². The average Bonchev–Trinajstić information content (AvgIpc) is 2.59. The second kappa shape index (κ2) is 6.24. The number of pyridine rings is 1. The Bertz CT molecular complexity index is 867. The summed E-state index contributed by atoms with van der Waals surface area (Å²) >= 11 is 0. The number of anilines is 1. The molecular weight excluding hydrogens is 328 g/mol. The first-order valence-corrected chi connectivity index (χ1v) is 8.76. The number of carbonyl (C=O) groups is 2. The predicted molar refractivity (Wildman–Crippen MR) is 101 cm³/mol. The van der Waals surface area contributed by atoms with E-state index in [4.69, 9.17) is 5.11 Å². The lowest BCUT2D eigenvalue weighted by molar-refractivity contribution is 0.0695. The van der Waals surface area contributed by atoms with Crippen LogP contribution in [-0.2, 0) is 10.8 Å². The monoisotopic (exact) mass is 352 g/mol. The molecule has 1 aromatic carbocycles. The molecular formula is C21H24N2O3. The fourth-order valence-electron chi connectivity index (χ4n) is 3.52. The summed E-state index contributed by atoms with van der Waals surface area (Å²) in [5.41, 5.74) is 3.75. The molecule has 0 saturated heterocycles. The van der Waals surface area contributed by atoms with E-state index < -0.39 is 5.97 Å². The SMILES string of the molecule is CC1(C)CCC(C)(C)c2cc(NC(=O)c3ccc(C(=O)O)cn3)ccc21. The minimum Gasteiger partial charge on any atom is -0.478 e. The van der Waals surface area contributed by atoms with Crippen LogP contribution in [-0.4, -0.2) is 22.0 Å². The number of aromatic carboxylic acids is 1. The zero-order valence-electron chi connectivity index (χ0n) is 15.6. The molecule has 0 spiro atoms. The number of hydrogen-bond donors (Lipinski definition) is 2. The van der Waals surface area contributed by atoms with Crippen LogP contribution in [0.3, 0.4) is 0 Å². The summed E-state index contributed by atoms with van der Waals surface area (Å²) in [5.74, 6) is -1.42. The van der Waals surface area contributed by atoms with Gasteiger partial charge in [0.05, 0.1) is 5.56 Å². The molecule has 0 radical (unpaired) electrons. The van der Waals surface area contributed by atoms with Gasteiger partial charge in [-0.2, -0.15) is 0 Å². The van der Waals surface area contributed by atoms with Gasteiger partial charge in [-0.05, 0) is 59.1 Å². The summed E-state index contributed by atoms with van der Waals surface area (Å²) in [6, 6.07) is 8.88. The molecule has 0 atom stereocenters. The lowest BCUT2D eigenvalue weighted by Crippen LogP contribution is -2.33. The predicted octanol–water partition coefficient (Wildman–Crippen LogP) is 4.38. The number of nitrogens with zero attached hydrogens (tertiary/aromatic N) is 1. The van der Waals surface area contributed by atoms with Crippen LogP contribution in [0.5, 0.6) is 0 Å². The van der Waals surface area contributed by atoms with Gasteiger partial charge in [-0.25, -0.2) is 4.79 Å². The Hall–Kier alpha value is -2.69. The maximum Gasteiger partial charge on any atom is 0.337 e. The van der Waals surface area contributed by atoms with Crippen LogP contribution in [0.25, 0.3) is 0 Å². The molecule has 136 valence electrons. The van der Waals surface area contributed by atoms with Crippen molar-refractivity contribution in [1.29, 1.82) is 0 Å². The molecule has 5 heteroatoms. The van der Waals surface area contributed by atoms with E-state index in [1.165, 1.54) is 29.5 Å². The third-order valence-corrected chi connectivity index (χ3v) is 5.35. The number of amides is 1. The Morgan fingerprint density at radius 3 is 2.23 bits per heavy atom. The summed E-state index contributed by atoms with van der Waals surface area (Å²) in [6.07, 6.45) is 3.43. The Balaban J connectivity index is 1.87. The highest BCUT2D eigenvalue weighted by atomic mass is 16.4. The lowest BCUT2D eigenvalue weighted by Gasteiger charge is -2.42. The Labute approximate surface area is 153 Å². The molecule has 1 heterocycles. The van der Waals surface area contributed by atoms with Crippen molar-refractivity contribution in [1.82, 2.24) is 4.98 Å². The van der Waals surface area contributed by atoms with Gasteiger partial charge in [0.2, 0.25) is 0 Å².